The summed E-state index contributed by atoms with van der Waals surface area (Å²) in [6, 6.07) is 18.4. The number of halogens is 1. The summed E-state index contributed by atoms with van der Waals surface area (Å²) in [5, 5.41) is 17.3. The molecule has 8 nitrogen and oxygen atoms in total. The zero-order valence-corrected chi connectivity index (χ0v) is 18.1. The zero-order chi connectivity index (χ0) is 22.9. The van der Waals surface area contributed by atoms with Gasteiger partial charge in [0.05, 0.1) is 11.5 Å². The SMILES string of the molecule is CCOc1cc(CNc2ccc([N+](=O)[O-])cc2)ccc1OCC(=O)Nc1ccc(Cl)cc1. The summed E-state index contributed by atoms with van der Waals surface area (Å²) in [7, 11) is 0. The molecule has 32 heavy (non-hydrogen) atoms. The van der Waals surface area contributed by atoms with Gasteiger partial charge < -0.3 is 20.1 Å². The Bertz CT molecular complexity index is 1070. The molecule has 0 aromatic heterocycles. The summed E-state index contributed by atoms with van der Waals surface area (Å²) in [4.78, 5) is 22.5. The lowest BCUT2D eigenvalue weighted by molar-refractivity contribution is -0.384. The van der Waals surface area contributed by atoms with E-state index in [4.69, 9.17) is 21.1 Å². The van der Waals surface area contributed by atoms with E-state index < -0.39 is 4.92 Å². The minimum Gasteiger partial charge on any atom is -0.490 e. The number of nitro groups is 1. The van der Waals surface area contributed by atoms with Gasteiger partial charge in [0.2, 0.25) is 0 Å². The standard InChI is InChI=1S/C23H22ClN3O5/c1-2-31-22-13-16(14-25-18-8-10-20(11-9-18)27(29)30)3-12-21(22)32-15-23(28)26-19-6-4-17(24)5-7-19/h3-13,25H,2,14-15H2,1H3,(H,26,28). The number of hydrogen-bond acceptors (Lipinski definition) is 6. The van der Waals surface area contributed by atoms with E-state index in [1.165, 1.54) is 12.1 Å². The largest absolute Gasteiger partial charge is 0.490 e. The van der Waals surface area contributed by atoms with Crippen LogP contribution in [0.4, 0.5) is 17.1 Å². The molecule has 166 valence electrons. The number of rotatable bonds is 10. The Hall–Kier alpha value is -3.78. The molecular weight excluding hydrogens is 434 g/mol. The molecule has 0 radical (unpaired) electrons. The van der Waals surface area contributed by atoms with Gasteiger partial charge in [-0.25, -0.2) is 0 Å². The predicted octanol–water partition coefficient (Wildman–Crippen LogP) is 5.28. The first-order chi connectivity index (χ1) is 15.4. The van der Waals surface area contributed by atoms with E-state index >= 15 is 0 Å². The van der Waals surface area contributed by atoms with Crippen LogP contribution in [0.3, 0.4) is 0 Å². The highest BCUT2D eigenvalue weighted by molar-refractivity contribution is 6.30. The number of non-ortho nitro benzene ring substituents is 1. The number of carbonyl (C=O) groups excluding carboxylic acids is 1. The number of benzene rings is 3. The van der Waals surface area contributed by atoms with Crippen LogP contribution in [0.5, 0.6) is 11.5 Å². The van der Waals surface area contributed by atoms with Crippen molar-refractivity contribution in [3.8, 4) is 11.5 Å². The number of hydrogen-bond donors (Lipinski definition) is 2. The second kappa shape index (κ2) is 11.0. The number of amides is 1. The minimum absolute atomic E-state index is 0.0378. The maximum absolute atomic E-state index is 12.2. The van der Waals surface area contributed by atoms with Crippen molar-refractivity contribution in [2.45, 2.75) is 13.5 Å². The number of nitrogens with one attached hydrogen (secondary N) is 2. The molecule has 3 rings (SSSR count). The van der Waals surface area contributed by atoms with Gasteiger partial charge in [-0.3, -0.25) is 14.9 Å². The van der Waals surface area contributed by atoms with Gasteiger partial charge in [0, 0.05) is 35.1 Å². The van der Waals surface area contributed by atoms with Gasteiger partial charge >= 0.3 is 0 Å². The molecule has 0 aliphatic heterocycles. The molecule has 3 aromatic carbocycles. The average molecular weight is 456 g/mol. The van der Waals surface area contributed by atoms with Crippen molar-refractivity contribution in [2.75, 3.05) is 23.8 Å². The first kappa shape index (κ1) is 22.9. The molecule has 0 aliphatic carbocycles. The van der Waals surface area contributed by atoms with E-state index in [1.54, 1.807) is 42.5 Å². The van der Waals surface area contributed by atoms with Gasteiger partial charge in [-0.2, -0.15) is 0 Å². The van der Waals surface area contributed by atoms with Crippen LogP contribution >= 0.6 is 11.6 Å². The summed E-state index contributed by atoms with van der Waals surface area (Å²) in [6.07, 6.45) is 0. The fourth-order valence-electron chi connectivity index (χ4n) is 2.83. The van der Waals surface area contributed by atoms with E-state index in [9.17, 15) is 14.9 Å². The predicted molar refractivity (Wildman–Crippen MR) is 124 cm³/mol. The maximum Gasteiger partial charge on any atom is 0.269 e. The van der Waals surface area contributed by atoms with Crippen LogP contribution in [0, 0.1) is 10.1 Å². The lowest BCUT2D eigenvalue weighted by Gasteiger charge is -2.14. The Balaban J connectivity index is 1.58. The smallest absolute Gasteiger partial charge is 0.269 e. The monoisotopic (exact) mass is 455 g/mol. The molecule has 0 unspecified atom stereocenters. The summed E-state index contributed by atoms with van der Waals surface area (Å²) >= 11 is 5.84. The van der Waals surface area contributed by atoms with Crippen LogP contribution < -0.4 is 20.1 Å². The molecule has 1 amide bonds. The van der Waals surface area contributed by atoms with Crippen LogP contribution in [0.15, 0.2) is 66.7 Å². The lowest BCUT2D eigenvalue weighted by Crippen LogP contribution is -2.20. The normalized spacial score (nSPS) is 10.3. The first-order valence-electron chi connectivity index (χ1n) is 9.87. The highest BCUT2D eigenvalue weighted by atomic mass is 35.5. The third-order valence-corrected chi connectivity index (χ3v) is 4.62. The van der Waals surface area contributed by atoms with Crippen molar-refractivity contribution in [3.63, 3.8) is 0 Å². The summed E-state index contributed by atoms with van der Waals surface area (Å²) in [6.45, 7) is 2.60. The van der Waals surface area contributed by atoms with Crippen LogP contribution in [-0.2, 0) is 11.3 Å². The van der Waals surface area contributed by atoms with Crippen molar-refractivity contribution >= 4 is 34.6 Å². The van der Waals surface area contributed by atoms with Crippen LogP contribution in [0.25, 0.3) is 0 Å². The zero-order valence-electron chi connectivity index (χ0n) is 17.3. The Morgan fingerprint density at radius 1 is 0.969 bits per heavy atom. The molecule has 3 aromatic rings. The van der Waals surface area contributed by atoms with E-state index in [-0.39, 0.29) is 18.2 Å². The topological polar surface area (TPSA) is 103 Å². The van der Waals surface area contributed by atoms with E-state index in [0.717, 1.165) is 11.3 Å². The van der Waals surface area contributed by atoms with Crippen LogP contribution in [0.1, 0.15) is 12.5 Å². The van der Waals surface area contributed by atoms with Gasteiger partial charge in [-0.15, -0.1) is 0 Å². The second-order valence-corrected chi connectivity index (χ2v) is 7.15. The molecule has 0 heterocycles. The minimum atomic E-state index is -0.438. The van der Waals surface area contributed by atoms with Gasteiger partial charge in [-0.05, 0) is 61.0 Å². The molecule has 0 saturated heterocycles. The Kier molecular flexibility index (Phi) is 7.88. The number of nitrogens with zero attached hydrogens (tertiary/aromatic N) is 1. The number of carbonyl (C=O) groups is 1. The first-order valence-corrected chi connectivity index (χ1v) is 10.2. The molecule has 2 N–H and O–H groups in total. The molecule has 0 bridgehead atoms. The average Bonchev–Trinajstić information content (AvgIpc) is 2.79. The molecule has 0 spiro atoms. The Morgan fingerprint density at radius 2 is 1.66 bits per heavy atom. The molecule has 0 fully saturated rings. The van der Waals surface area contributed by atoms with E-state index in [1.807, 2.05) is 19.1 Å². The van der Waals surface area contributed by atoms with Gasteiger partial charge in [0.1, 0.15) is 0 Å². The quantitative estimate of drug-likeness (QED) is 0.318. The highest BCUT2D eigenvalue weighted by Gasteiger charge is 2.10. The molecule has 0 aliphatic rings. The third kappa shape index (κ3) is 6.61. The van der Waals surface area contributed by atoms with Crippen LogP contribution in [0.2, 0.25) is 5.02 Å². The lowest BCUT2D eigenvalue weighted by atomic mass is 10.2. The third-order valence-electron chi connectivity index (χ3n) is 4.37. The molecular formula is C23H22ClN3O5. The van der Waals surface area contributed by atoms with Crippen molar-refractivity contribution in [1.82, 2.24) is 0 Å². The molecule has 9 heteroatoms. The Labute approximate surface area is 190 Å². The van der Waals surface area contributed by atoms with Crippen LogP contribution in [-0.4, -0.2) is 24.0 Å². The highest BCUT2D eigenvalue weighted by Crippen LogP contribution is 2.29. The number of nitro benzene ring substituents is 1. The fourth-order valence-corrected chi connectivity index (χ4v) is 2.95. The van der Waals surface area contributed by atoms with Crippen molar-refractivity contribution in [1.29, 1.82) is 0 Å². The van der Waals surface area contributed by atoms with Gasteiger partial charge in [0.15, 0.2) is 18.1 Å². The summed E-state index contributed by atoms with van der Waals surface area (Å²) in [5.74, 6) is 0.672. The summed E-state index contributed by atoms with van der Waals surface area (Å²) < 4.78 is 11.3. The van der Waals surface area contributed by atoms with Gasteiger partial charge in [-0.1, -0.05) is 17.7 Å². The Morgan fingerprint density at radius 3 is 2.31 bits per heavy atom. The van der Waals surface area contributed by atoms with Crippen molar-refractivity contribution in [3.05, 3.63) is 87.4 Å². The van der Waals surface area contributed by atoms with E-state index in [2.05, 4.69) is 10.6 Å². The van der Waals surface area contributed by atoms with Crippen molar-refractivity contribution < 1.29 is 19.2 Å². The molecule has 0 saturated carbocycles. The number of anilines is 2. The van der Waals surface area contributed by atoms with Gasteiger partial charge in [0.25, 0.3) is 11.6 Å². The van der Waals surface area contributed by atoms with E-state index in [0.29, 0.717) is 35.4 Å². The van der Waals surface area contributed by atoms with Crippen molar-refractivity contribution in [2.24, 2.45) is 0 Å². The fraction of sp³-hybridized carbons (Fsp3) is 0.174. The number of ether oxygens (including phenoxy) is 2. The summed E-state index contributed by atoms with van der Waals surface area (Å²) in [5.41, 5.74) is 2.34. The molecule has 0 atom stereocenters. The maximum atomic E-state index is 12.2. The second-order valence-electron chi connectivity index (χ2n) is 6.72.